The van der Waals surface area contributed by atoms with Gasteiger partial charge in [0.2, 0.25) is 0 Å². The Bertz CT molecular complexity index is 963. The number of hydrogen-bond acceptors (Lipinski definition) is 6. The van der Waals surface area contributed by atoms with E-state index in [2.05, 4.69) is 51.6 Å². The van der Waals surface area contributed by atoms with Crippen LogP contribution < -0.4 is 0 Å². The number of unbranched alkanes of at least 4 members (excludes halogenated alkanes) is 38. The Morgan fingerprint density at radius 3 is 0.771 bits per heavy atom. The van der Waals surface area contributed by atoms with Gasteiger partial charge in [-0.15, -0.1) is 0 Å². The summed E-state index contributed by atoms with van der Waals surface area (Å²) >= 11 is 0. The van der Waals surface area contributed by atoms with E-state index in [1.54, 1.807) is 0 Å². The van der Waals surface area contributed by atoms with E-state index in [-0.39, 0.29) is 23.8 Å². The lowest BCUT2D eigenvalue weighted by Crippen LogP contribution is -2.33. The fourth-order valence-corrected chi connectivity index (χ4v) is 10.4. The molecule has 6 heteroatoms. The number of esters is 2. The molecule has 0 aliphatic carbocycles. The van der Waals surface area contributed by atoms with E-state index in [4.69, 9.17) is 9.47 Å². The lowest BCUT2D eigenvalue weighted by atomic mass is 9.94. The van der Waals surface area contributed by atoms with Gasteiger partial charge in [-0.1, -0.05) is 285 Å². The van der Waals surface area contributed by atoms with Crippen molar-refractivity contribution in [3.63, 3.8) is 0 Å². The summed E-state index contributed by atoms with van der Waals surface area (Å²) < 4.78 is 11.9. The van der Waals surface area contributed by atoms with Crippen LogP contribution in [-0.2, 0) is 19.1 Å². The number of carbonyl (C=O) groups is 2. The summed E-state index contributed by atoms with van der Waals surface area (Å²) in [5, 5.41) is 0. The summed E-state index contributed by atoms with van der Waals surface area (Å²) in [6.45, 7) is 14.8. The molecule has 2 atom stereocenters. The van der Waals surface area contributed by atoms with Crippen molar-refractivity contribution in [1.82, 2.24) is 9.80 Å². The standard InChI is InChI=1S/C64H128N2O4/c1-7-11-15-19-23-27-29-33-37-45-53-61(51-43-35-31-25-21-17-13-9-3)63(67)69-59-49-41-39-47-55-66(58-57-65(5)6)56-48-40-42-50-60-70-64(68)62(52-44-36-32-26-22-18-14-10-4)54-46-38-34-30-28-24-20-16-12-8-2/h61-62H,7-60H2,1-6H3/t61-,62?/m0/s1. The molecule has 0 aliphatic rings. The van der Waals surface area contributed by atoms with E-state index in [9.17, 15) is 9.59 Å². The van der Waals surface area contributed by atoms with Crippen molar-refractivity contribution < 1.29 is 19.1 Å². The number of nitrogens with zero attached hydrogens (tertiary/aromatic N) is 2. The summed E-state index contributed by atoms with van der Waals surface area (Å²) in [5.74, 6) is 0.370. The Labute approximate surface area is 440 Å². The van der Waals surface area contributed by atoms with Gasteiger partial charge in [-0.25, -0.2) is 0 Å². The second-order valence-electron chi connectivity index (χ2n) is 22.7. The van der Waals surface area contributed by atoms with Gasteiger partial charge in [0.15, 0.2) is 0 Å². The minimum absolute atomic E-state index is 0.0877. The molecule has 0 saturated heterocycles. The topological polar surface area (TPSA) is 59.1 Å². The predicted octanol–water partition coefficient (Wildman–Crippen LogP) is 20.0. The third kappa shape index (κ3) is 50.4. The lowest BCUT2D eigenvalue weighted by molar-refractivity contribution is -0.150. The van der Waals surface area contributed by atoms with Crippen LogP contribution in [0.25, 0.3) is 0 Å². The van der Waals surface area contributed by atoms with E-state index < -0.39 is 0 Å². The highest BCUT2D eigenvalue weighted by Gasteiger charge is 2.21. The molecule has 0 spiro atoms. The molecule has 0 aromatic carbocycles. The molecule has 418 valence electrons. The molecule has 0 aromatic rings. The average Bonchev–Trinajstić information content (AvgIpc) is 3.35. The molecule has 0 aromatic heterocycles. The maximum Gasteiger partial charge on any atom is 0.308 e. The maximum atomic E-state index is 13.3. The third-order valence-electron chi connectivity index (χ3n) is 15.4. The van der Waals surface area contributed by atoms with Gasteiger partial charge >= 0.3 is 11.9 Å². The van der Waals surface area contributed by atoms with Gasteiger partial charge in [0.05, 0.1) is 25.0 Å². The van der Waals surface area contributed by atoms with Crippen LogP contribution in [0.2, 0.25) is 0 Å². The number of ether oxygens (including phenoxy) is 2. The smallest absolute Gasteiger partial charge is 0.308 e. The largest absolute Gasteiger partial charge is 0.465 e. The molecule has 0 aliphatic heterocycles. The quantitative estimate of drug-likeness (QED) is 0.0447. The molecule has 70 heavy (non-hydrogen) atoms. The molecule has 1 unspecified atom stereocenters. The second-order valence-corrected chi connectivity index (χ2v) is 22.7. The van der Waals surface area contributed by atoms with E-state index in [1.807, 2.05) is 0 Å². The summed E-state index contributed by atoms with van der Waals surface area (Å²) in [4.78, 5) is 31.6. The number of rotatable bonds is 59. The van der Waals surface area contributed by atoms with Crippen LogP contribution in [0, 0.1) is 11.8 Å². The SMILES string of the molecule is CCCCCCCCCCCCC(CCCCCCCCCC)C(=O)OCCCCCCN(CCCCCCOC(=O)[C@@H](CCCCCCCCCC)CCCCCCCCCCCC)CCN(C)C. The fraction of sp³-hybridized carbons (Fsp3) is 0.969. The van der Waals surface area contributed by atoms with Crippen LogP contribution in [0.5, 0.6) is 0 Å². The third-order valence-corrected chi connectivity index (χ3v) is 15.4. The van der Waals surface area contributed by atoms with Crippen LogP contribution in [0.3, 0.4) is 0 Å². The van der Waals surface area contributed by atoms with Crippen LogP contribution in [0.4, 0.5) is 0 Å². The molecule has 0 heterocycles. The molecular formula is C64H128N2O4. The predicted molar refractivity (Wildman–Crippen MR) is 308 cm³/mol. The Balaban J connectivity index is 4.59. The van der Waals surface area contributed by atoms with Crippen LogP contribution in [0.1, 0.15) is 336 Å². The molecule has 0 amide bonds. The molecule has 6 nitrogen and oxygen atoms in total. The zero-order chi connectivity index (χ0) is 51.1. The molecular weight excluding hydrogens is 861 g/mol. The Hall–Kier alpha value is -1.14. The summed E-state index contributed by atoms with van der Waals surface area (Å²) in [5.41, 5.74) is 0. The van der Waals surface area contributed by atoms with Crippen molar-refractivity contribution in [3.05, 3.63) is 0 Å². The second kappa shape index (κ2) is 57.1. The van der Waals surface area contributed by atoms with Gasteiger partial charge in [0.25, 0.3) is 0 Å². The molecule has 0 radical (unpaired) electrons. The van der Waals surface area contributed by atoms with Gasteiger partial charge in [-0.3, -0.25) is 9.59 Å². The molecule has 0 saturated carbocycles. The number of likely N-dealkylation sites (N-methyl/N-ethyl adjacent to an activating group) is 1. The first-order chi connectivity index (χ1) is 34.4. The normalized spacial score (nSPS) is 12.6. The number of carbonyl (C=O) groups excluding carboxylic acids is 2. The minimum Gasteiger partial charge on any atom is -0.465 e. The van der Waals surface area contributed by atoms with Gasteiger partial charge in [-0.2, -0.15) is 0 Å². The van der Waals surface area contributed by atoms with E-state index >= 15 is 0 Å². The van der Waals surface area contributed by atoms with Gasteiger partial charge in [-0.05, 0) is 78.6 Å². The Morgan fingerprint density at radius 2 is 0.514 bits per heavy atom. The van der Waals surface area contributed by atoms with Crippen LogP contribution >= 0.6 is 0 Å². The fourth-order valence-electron chi connectivity index (χ4n) is 10.4. The monoisotopic (exact) mass is 989 g/mol. The molecule has 0 N–H and O–H groups in total. The van der Waals surface area contributed by atoms with Crippen molar-refractivity contribution >= 4 is 11.9 Å². The highest BCUT2D eigenvalue weighted by atomic mass is 16.5. The lowest BCUT2D eigenvalue weighted by Gasteiger charge is -2.24. The van der Waals surface area contributed by atoms with Crippen molar-refractivity contribution in [3.8, 4) is 0 Å². The first-order valence-corrected chi connectivity index (χ1v) is 32.1. The zero-order valence-corrected chi connectivity index (χ0v) is 48.9. The molecule has 0 fully saturated rings. The van der Waals surface area contributed by atoms with Crippen molar-refractivity contribution in [1.29, 1.82) is 0 Å². The highest BCUT2D eigenvalue weighted by molar-refractivity contribution is 5.72. The summed E-state index contributed by atoms with van der Waals surface area (Å²) in [7, 11) is 4.35. The summed E-state index contributed by atoms with van der Waals surface area (Å²) in [6.07, 6.45) is 60.9. The van der Waals surface area contributed by atoms with Gasteiger partial charge in [0.1, 0.15) is 0 Å². The first kappa shape index (κ1) is 68.9. The van der Waals surface area contributed by atoms with E-state index in [0.29, 0.717) is 13.2 Å². The number of hydrogen-bond donors (Lipinski definition) is 0. The maximum absolute atomic E-state index is 13.3. The Morgan fingerprint density at radius 1 is 0.286 bits per heavy atom. The van der Waals surface area contributed by atoms with Crippen LogP contribution in [-0.4, -0.2) is 75.2 Å². The van der Waals surface area contributed by atoms with Gasteiger partial charge in [0, 0.05) is 13.1 Å². The van der Waals surface area contributed by atoms with Gasteiger partial charge < -0.3 is 19.3 Å². The van der Waals surface area contributed by atoms with E-state index in [0.717, 1.165) is 77.5 Å². The Kier molecular flexibility index (Phi) is 56.2. The molecule has 0 bridgehead atoms. The van der Waals surface area contributed by atoms with Crippen molar-refractivity contribution in [2.45, 2.75) is 336 Å². The van der Waals surface area contributed by atoms with E-state index in [1.165, 1.54) is 257 Å². The van der Waals surface area contributed by atoms with Crippen molar-refractivity contribution in [2.75, 3.05) is 53.5 Å². The zero-order valence-electron chi connectivity index (χ0n) is 48.9. The van der Waals surface area contributed by atoms with Crippen molar-refractivity contribution in [2.24, 2.45) is 11.8 Å². The summed E-state index contributed by atoms with van der Waals surface area (Å²) in [6, 6.07) is 0. The minimum atomic E-state index is 0.0877. The average molecular weight is 990 g/mol. The molecule has 0 rings (SSSR count). The van der Waals surface area contributed by atoms with Crippen LogP contribution in [0.15, 0.2) is 0 Å². The highest BCUT2D eigenvalue weighted by Crippen LogP contribution is 2.24. The first-order valence-electron chi connectivity index (χ1n) is 32.1.